The Morgan fingerprint density at radius 1 is 0.880 bits per heavy atom. The van der Waals surface area contributed by atoms with Crippen LogP contribution >= 0.6 is 11.6 Å². The number of nitrogens with one attached hydrogen (secondary N) is 1. The van der Waals surface area contributed by atoms with E-state index in [1.165, 1.54) is 0 Å². The predicted molar refractivity (Wildman–Crippen MR) is 99.4 cm³/mol. The third-order valence-electron chi connectivity index (χ3n) is 3.92. The number of rotatable bonds is 2. The maximum atomic E-state index is 12.5. The highest BCUT2D eigenvalue weighted by atomic mass is 35.5. The van der Waals surface area contributed by atoms with E-state index in [1.807, 2.05) is 6.07 Å². The predicted octanol–water partition coefficient (Wildman–Crippen LogP) is 4.85. The lowest BCUT2D eigenvalue weighted by atomic mass is 10.1. The Labute approximate surface area is 147 Å². The van der Waals surface area contributed by atoms with E-state index >= 15 is 0 Å². The lowest BCUT2D eigenvalue weighted by Crippen LogP contribution is -2.12. The van der Waals surface area contributed by atoms with Gasteiger partial charge in [0.25, 0.3) is 5.91 Å². The molecule has 0 unspecified atom stereocenters. The van der Waals surface area contributed by atoms with Crippen molar-refractivity contribution in [1.29, 1.82) is 0 Å². The van der Waals surface area contributed by atoms with Crippen LogP contribution in [0.2, 0.25) is 5.02 Å². The molecule has 0 atom stereocenters. The van der Waals surface area contributed by atoms with Gasteiger partial charge in [0.15, 0.2) is 0 Å². The summed E-state index contributed by atoms with van der Waals surface area (Å²) < 4.78 is 5.80. The zero-order valence-corrected chi connectivity index (χ0v) is 13.7. The summed E-state index contributed by atoms with van der Waals surface area (Å²) >= 11 is 5.91. The third kappa shape index (κ3) is 2.88. The molecule has 4 rings (SSSR count). The fourth-order valence-electron chi connectivity index (χ4n) is 2.71. The molecule has 1 N–H and O–H groups in total. The Bertz CT molecular complexity index is 1180. The molecule has 1 aromatic heterocycles. The molecule has 5 heteroatoms. The lowest BCUT2D eigenvalue weighted by Gasteiger charge is -2.07. The summed E-state index contributed by atoms with van der Waals surface area (Å²) in [7, 11) is 0. The first-order valence-corrected chi connectivity index (χ1v) is 8.02. The number of anilines is 1. The molecule has 3 aromatic carbocycles. The van der Waals surface area contributed by atoms with Gasteiger partial charge in [0.2, 0.25) is 5.43 Å². The van der Waals surface area contributed by atoms with Gasteiger partial charge < -0.3 is 9.73 Å². The molecule has 122 valence electrons. The van der Waals surface area contributed by atoms with E-state index in [4.69, 9.17) is 16.0 Å². The highest BCUT2D eigenvalue weighted by Gasteiger charge is 2.10. The highest BCUT2D eigenvalue weighted by Crippen LogP contribution is 2.22. The summed E-state index contributed by atoms with van der Waals surface area (Å²) in [6.07, 6.45) is 0. The monoisotopic (exact) mass is 349 g/mol. The Balaban J connectivity index is 1.75. The molecule has 4 aromatic rings. The van der Waals surface area contributed by atoms with Crippen LogP contribution in [0.25, 0.3) is 21.9 Å². The molecule has 0 bridgehead atoms. The highest BCUT2D eigenvalue weighted by molar-refractivity contribution is 6.31. The molecule has 0 aliphatic heterocycles. The van der Waals surface area contributed by atoms with Crippen LogP contribution in [-0.4, -0.2) is 5.91 Å². The third-order valence-corrected chi connectivity index (χ3v) is 4.16. The second kappa shape index (κ2) is 6.07. The minimum atomic E-state index is -0.287. The van der Waals surface area contributed by atoms with Gasteiger partial charge in [-0.3, -0.25) is 9.59 Å². The summed E-state index contributed by atoms with van der Waals surface area (Å²) in [6.45, 7) is 0. The average Bonchev–Trinajstić information content (AvgIpc) is 2.62. The number of hydrogen-bond acceptors (Lipinski definition) is 3. The van der Waals surface area contributed by atoms with Crippen molar-refractivity contribution in [3.05, 3.63) is 87.5 Å². The van der Waals surface area contributed by atoms with Crippen LogP contribution in [0, 0.1) is 0 Å². The van der Waals surface area contributed by atoms with Crippen LogP contribution in [0.1, 0.15) is 10.4 Å². The van der Waals surface area contributed by atoms with Crippen LogP contribution in [-0.2, 0) is 0 Å². The van der Waals surface area contributed by atoms with Gasteiger partial charge in [0.05, 0.1) is 10.8 Å². The Morgan fingerprint density at radius 2 is 1.68 bits per heavy atom. The summed E-state index contributed by atoms with van der Waals surface area (Å²) in [6, 6.07) is 18.7. The maximum Gasteiger partial charge on any atom is 0.255 e. The molecule has 0 saturated heterocycles. The van der Waals surface area contributed by atoms with Crippen LogP contribution in [0.5, 0.6) is 0 Å². The fourth-order valence-corrected chi connectivity index (χ4v) is 2.90. The maximum absolute atomic E-state index is 12.5. The molecule has 0 saturated carbocycles. The van der Waals surface area contributed by atoms with E-state index < -0.39 is 0 Å². The summed E-state index contributed by atoms with van der Waals surface area (Å²) in [5, 5.41) is 4.28. The molecule has 1 heterocycles. The van der Waals surface area contributed by atoms with Crippen molar-refractivity contribution >= 4 is 45.1 Å². The van der Waals surface area contributed by atoms with Gasteiger partial charge in [-0.1, -0.05) is 29.8 Å². The van der Waals surface area contributed by atoms with Gasteiger partial charge in [-0.25, -0.2) is 0 Å². The minimum Gasteiger partial charge on any atom is -0.456 e. The number of hydrogen-bond donors (Lipinski definition) is 1. The standard InChI is InChI=1S/C20H12ClNO3/c21-13-5-3-4-12(10-13)20(24)22-14-8-9-16-18(11-14)25-17-7-2-1-6-15(17)19(16)23/h1-11H,(H,22,24). The largest absolute Gasteiger partial charge is 0.456 e. The van der Waals surface area contributed by atoms with E-state index in [1.54, 1.807) is 60.7 Å². The van der Waals surface area contributed by atoms with Crippen molar-refractivity contribution in [2.45, 2.75) is 0 Å². The number of carbonyl (C=O) groups is 1. The van der Waals surface area contributed by atoms with Gasteiger partial charge in [-0.15, -0.1) is 0 Å². The molecular weight excluding hydrogens is 338 g/mol. The molecular formula is C20H12ClNO3. The molecule has 0 radical (unpaired) electrons. The van der Waals surface area contributed by atoms with Crippen molar-refractivity contribution in [3.8, 4) is 0 Å². The van der Waals surface area contributed by atoms with Gasteiger partial charge >= 0.3 is 0 Å². The lowest BCUT2D eigenvalue weighted by molar-refractivity contribution is 0.102. The van der Waals surface area contributed by atoms with E-state index in [2.05, 4.69) is 5.32 Å². The topological polar surface area (TPSA) is 59.3 Å². The molecule has 4 nitrogen and oxygen atoms in total. The van der Waals surface area contributed by atoms with Crippen molar-refractivity contribution in [1.82, 2.24) is 0 Å². The number of benzene rings is 3. The summed E-state index contributed by atoms with van der Waals surface area (Å²) in [5.41, 5.74) is 1.83. The first-order valence-electron chi connectivity index (χ1n) is 7.64. The zero-order chi connectivity index (χ0) is 17.4. The van der Waals surface area contributed by atoms with Crippen LogP contribution in [0.4, 0.5) is 5.69 Å². The second-order valence-electron chi connectivity index (χ2n) is 5.60. The normalized spacial score (nSPS) is 10.9. The fraction of sp³-hybridized carbons (Fsp3) is 0. The summed E-state index contributed by atoms with van der Waals surface area (Å²) in [5.74, 6) is -0.287. The molecule has 25 heavy (non-hydrogen) atoms. The quantitative estimate of drug-likeness (QED) is 0.526. The number of para-hydroxylation sites is 1. The molecule has 0 aliphatic rings. The average molecular weight is 350 g/mol. The SMILES string of the molecule is O=C(Nc1ccc2c(=O)c3ccccc3oc2c1)c1cccc(Cl)c1. The zero-order valence-electron chi connectivity index (χ0n) is 13.0. The van der Waals surface area contributed by atoms with Crippen LogP contribution in [0.15, 0.2) is 75.9 Å². The van der Waals surface area contributed by atoms with Crippen LogP contribution < -0.4 is 10.7 Å². The Hall–Kier alpha value is -3.11. The van der Waals surface area contributed by atoms with E-state index in [-0.39, 0.29) is 11.3 Å². The smallest absolute Gasteiger partial charge is 0.255 e. The van der Waals surface area contributed by atoms with Gasteiger partial charge in [0, 0.05) is 22.3 Å². The summed E-state index contributed by atoms with van der Waals surface area (Å²) in [4.78, 5) is 24.8. The molecule has 1 amide bonds. The number of halogens is 1. The minimum absolute atomic E-state index is 0.0930. The Morgan fingerprint density at radius 3 is 2.52 bits per heavy atom. The van der Waals surface area contributed by atoms with Crippen molar-refractivity contribution in [2.75, 3.05) is 5.32 Å². The van der Waals surface area contributed by atoms with E-state index in [9.17, 15) is 9.59 Å². The molecule has 0 spiro atoms. The Kier molecular flexibility index (Phi) is 3.75. The van der Waals surface area contributed by atoms with E-state index in [0.717, 1.165) is 0 Å². The number of amides is 1. The van der Waals surface area contributed by atoms with Crippen molar-refractivity contribution in [2.24, 2.45) is 0 Å². The van der Waals surface area contributed by atoms with Gasteiger partial charge in [-0.05, 0) is 42.5 Å². The van der Waals surface area contributed by atoms with Gasteiger partial charge in [-0.2, -0.15) is 0 Å². The van der Waals surface area contributed by atoms with Crippen LogP contribution in [0.3, 0.4) is 0 Å². The first kappa shape index (κ1) is 15.4. The second-order valence-corrected chi connectivity index (χ2v) is 6.04. The van der Waals surface area contributed by atoms with E-state index in [0.29, 0.717) is 38.2 Å². The molecule has 0 aliphatic carbocycles. The van der Waals surface area contributed by atoms with Gasteiger partial charge in [0.1, 0.15) is 11.2 Å². The first-order chi connectivity index (χ1) is 12.1. The number of carbonyl (C=O) groups excluding carboxylic acids is 1. The van der Waals surface area contributed by atoms with Crippen molar-refractivity contribution < 1.29 is 9.21 Å². The van der Waals surface area contributed by atoms with Crippen molar-refractivity contribution in [3.63, 3.8) is 0 Å². The molecule has 0 fully saturated rings. The number of fused-ring (bicyclic) bond motifs is 2.